The molecule has 10 heteroatoms. The molecule has 0 aliphatic rings. The molecule has 1 aromatic carbocycles. The highest BCUT2D eigenvalue weighted by atomic mass is 19.1. The zero-order valence-electron chi connectivity index (χ0n) is 13.5. The van der Waals surface area contributed by atoms with Gasteiger partial charge in [-0.25, -0.2) is 23.4 Å². The molecule has 3 rings (SSSR count). The minimum atomic E-state index is -2.09. The Morgan fingerprint density at radius 3 is 2.77 bits per heavy atom. The van der Waals surface area contributed by atoms with E-state index in [1.54, 1.807) is 0 Å². The Morgan fingerprint density at radius 1 is 1.35 bits per heavy atom. The summed E-state index contributed by atoms with van der Waals surface area (Å²) in [5.41, 5.74) is -3.76. The molecule has 0 aliphatic heterocycles. The maximum atomic E-state index is 14.4. The molecule has 0 aliphatic carbocycles. The van der Waals surface area contributed by atoms with E-state index in [0.717, 1.165) is 18.5 Å². The van der Waals surface area contributed by atoms with Crippen LogP contribution in [0.2, 0.25) is 0 Å². The third-order valence-corrected chi connectivity index (χ3v) is 4.22. The van der Waals surface area contributed by atoms with Crippen LogP contribution < -0.4 is 5.56 Å². The first-order chi connectivity index (χ1) is 12.3. The summed E-state index contributed by atoms with van der Waals surface area (Å²) in [6.45, 7) is 1.05. The van der Waals surface area contributed by atoms with Gasteiger partial charge in [0.05, 0.1) is 18.6 Å². The number of H-pyrrole nitrogens is 1. The van der Waals surface area contributed by atoms with Crippen LogP contribution in [0.5, 0.6) is 0 Å². The standard InChI is InChI=1S/C16H14F3N5O2/c1-9(14-13(19)15(25)22-7-21-14)16(26,5-24-8-20-6-23-24)11-3-2-10(17)4-12(11)18/h2-4,6-9,26H,5H2,1H3,(H,21,22,25)/t9-,16+/m1/s1. The Balaban J connectivity index is 2.16. The van der Waals surface area contributed by atoms with E-state index >= 15 is 0 Å². The summed E-state index contributed by atoms with van der Waals surface area (Å²) in [7, 11) is 0. The lowest BCUT2D eigenvalue weighted by atomic mass is 9.79. The Kier molecular flexibility index (Phi) is 4.60. The monoisotopic (exact) mass is 365 g/mol. The van der Waals surface area contributed by atoms with E-state index in [2.05, 4.69) is 20.1 Å². The van der Waals surface area contributed by atoms with E-state index in [1.165, 1.54) is 24.3 Å². The largest absolute Gasteiger partial charge is 0.382 e. The van der Waals surface area contributed by atoms with Gasteiger partial charge in [-0.15, -0.1) is 0 Å². The zero-order valence-corrected chi connectivity index (χ0v) is 13.5. The van der Waals surface area contributed by atoms with Crippen LogP contribution in [-0.2, 0) is 12.1 Å². The Labute approximate surface area is 145 Å². The highest BCUT2D eigenvalue weighted by Gasteiger charge is 2.42. The molecule has 2 N–H and O–H groups in total. The van der Waals surface area contributed by atoms with Crippen molar-refractivity contribution in [2.24, 2.45) is 0 Å². The molecular formula is C16H14F3N5O2. The Hall–Kier alpha value is -3.01. The first-order valence-corrected chi connectivity index (χ1v) is 7.56. The molecule has 0 saturated heterocycles. The first kappa shape index (κ1) is 17.8. The van der Waals surface area contributed by atoms with Crippen LogP contribution in [0.15, 0.2) is 42.0 Å². The normalized spacial score (nSPS) is 14.8. The SMILES string of the molecule is C[C@H](c1nc[nH]c(=O)c1F)[C@@](O)(Cn1cncn1)c1ccc(F)cc1F. The third-order valence-electron chi connectivity index (χ3n) is 4.22. The molecule has 0 radical (unpaired) electrons. The molecule has 0 fully saturated rings. The molecule has 26 heavy (non-hydrogen) atoms. The number of nitrogens with one attached hydrogen (secondary N) is 1. The quantitative estimate of drug-likeness (QED) is 0.714. The first-order valence-electron chi connectivity index (χ1n) is 7.56. The number of aromatic nitrogens is 5. The molecule has 0 saturated carbocycles. The smallest absolute Gasteiger partial charge is 0.287 e. The van der Waals surface area contributed by atoms with Crippen molar-refractivity contribution in [1.29, 1.82) is 0 Å². The Bertz CT molecular complexity index is 976. The maximum absolute atomic E-state index is 14.4. The van der Waals surface area contributed by atoms with Crippen LogP contribution >= 0.6 is 0 Å². The van der Waals surface area contributed by atoms with Crippen LogP contribution in [0.25, 0.3) is 0 Å². The topological polar surface area (TPSA) is 96.7 Å². The van der Waals surface area contributed by atoms with E-state index in [1.807, 2.05) is 0 Å². The van der Waals surface area contributed by atoms with Gasteiger partial charge in [-0.2, -0.15) is 9.49 Å². The second kappa shape index (κ2) is 6.71. The summed E-state index contributed by atoms with van der Waals surface area (Å²) in [6.07, 6.45) is 3.47. The predicted octanol–water partition coefficient (Wildman–Crippen LogP) is 1.47. The van der Waals surface area contributed by atoms with Crippen molar-refractivity contribution in [1.82, 2.24) is 24.7 Å². The predicted molar refractivity (Wildman–Crippen MR) is 83.5 cm³/mol. The fourth-order valence-electron chi connectivity index (χ4n) is 2.78. The molecule has 0 amide bonds. The van der Waals surface area contributed by atoms with E-state index in [0.29, 0.717) is 6.07 Å². The lowest BCUT2D eigenvalue weighted by molar-refractivity contribution is -0.0134. The number of hydrogen-bond donors (Lipinski definition) is 2. The summed E-state index contributed by atoms with van der Waals surface area (Å²) in [5, 5.41) is 15.2. The average Bonchev–Trinajstić information content (AvgIpc) is 3.09. The van der Waals surface area contributed by atoms with Gasteiger partial charge in [0.1, 0.15) is 29.9 Å². The second-order valence-corrected chi connectivity index (χ2v) is 5.79. The molecule has 2 aromatic heterocycles. The molecular weight excluding hydrogens is 351 g/mol. The van der Waals surface area contributed by atoms with E-state index < -0.39 is 34.5 Å². The molecule has 3 aromatic rings. The highest BCUT2D eigenvalue weighted by Crippen LogP contribution is 2.39. The van der Waals surface area contributed by atoms with Crippen molar-refractivity contribution in [3.8, 4) is 0 Å². The summed E-state index contributed by atoms with van der Waals surface area (Å²) in [5.74, 6) is -4.22. The average molecular weight is 365 g/mol. The van der Waals surface area contributed by atoms with Crippen molar-refractivity contribution in [2.75, 3.05) is 0 Å². The molecule has 0 spiro atoms. The minimum Gasteiger partial charge on any atom is -0.382 e. The van der Waals surface area contributed by atoms with Gasteiger partial charge in [0.2, 0.25) is 5.82 Å². The number of halogens is 3. The minimum absolute atomic E-state index is 0.289. The van der Waals surface area contributed by atoms with Gasteiger partial charge < -0.3 is 10.1 Å². The maximum Gasteiger partial charge on any atom is 0.287 e. The van der Waals surface area contributed by atoms with E-state index in [-0.39, 0.29) is 17.8 Å². The summed E-state index contributed by atoms with van der Waals surface area (Å²) in [4.78, 5) is 21.1. The van der Waals surface area contributed by atoms with Gasteiger partial charge in [0.25, 0.3) is 5.56 Å². The van der Waals surface area contributed by atoms with Gasteiger partial charge in [-0.05, 0) is 6.07 Å². The number of benzene rings is 1. The third kappa shape index (κ3) is 3.10. The lowest BCUT2D eigenvalue weighted by Crippen LogP contribution is -2.39. The van der Waals surface area contributed by atoms with Gasteiger partial charge in [0, 0.05) is 17.5 Å². The lowest BCUT2D eigenvalue weighted by Gasteiger charge is -2.34. The highest BCUT2D eigenvalue weighted by molar-refractivity contribution is 5.30. The fourth-order valence-corrected chi connectivity index (χ4v) is 2.78. The summed E-state index contributed by atoms with van der Waals surface area (Å²) in [6, 6.07) is 2.64. The number of aliphatic hydroxyl groups is 1. The summed E-state index contributed by atoms with van der Waals surface area (Å²) >= 11 is 0. The fraction of sp³-hybridized carbons (Fsp3) is 0.250. The molecule has 7 nitrogen and oxygen atoms in total. The van der Waals surface area contributed by atoms with Crippen molar-refractivity contribution in [3.63, 3.8) is 0 Å². The van der Waals surface area contributed by atoms with Crippen LogP contribution in [-0.4, -0.2) is 29.8 Å². The van der Waals surface area contributed by atoms with Crippen LogP contribution in [0, 0.1) is 17.5 Å². The zero-order chi connectivity index (χ0) is 18.9. The van der Waals surface area contributed by atoms with Gasteiger partial charge in [-0.3, -0.25) is 4.79 Å². The number of nitrogens with zero attached hydrogens (tertiary/aromatic N) is 4. The number of rotatable bonds is 5. The number of hydrogen-bond acceptors (Lipinski definition) is 5. The number of aromatic amines is 1. The molecule has 0 bridgehead atoms. The Morgan fingerprint density at radius 2 is 2.12 bits per heavy atom. The van der Waals surface area contributed by atoms with Gasteiger partial charge >= 0.3 is 0 Å². The molecule has 136 valence electrons. The van der Waals surface area contributed by atoms with E-state index in [9.17, 15) is 23.1 Å². The van der Waals surface area contributed by atoms with Gasteiger partial charge in [0.15, 0.2) is 0 Å². The van der Waals surface area contributed by atoms with Crippen LogP contribution in [0.4, 0.5) is 13.2 Å². The van der Waals surface area contributed by atoms with Crippen molar-refractivity contribution in [3.05, 3.63) is 76.2 Å². The van der Waals surface area contributed by atoms with Crippen LogP contribution in [0.3, 0.4) is 0 Å². The molecule has 2 heterocycles. The van der Waals surface area contributed by atoms with Crippen molar-refractivity contribution < 1.29 is 18.3 Å². The summed E-state index contributed by atoms with van der Waals surface area (Å²) < 4.78 is 43.1. The van der Waals surface area contributed by atoms with Crippen molar-refractivity contribution in [2.45, 2.75) is 25.0 Å². The van der Waals surface area contributed by atoms with Gasteiger partial charge in [-0.1, -0.05) is 13.0 Å². The van der Waals surface area contributed by atoms with Crippen molar-refractivity contribution >= 4 is 0 Å². The second-order valence-electron chi connectivity index (χ2n) is 5.79. The van der Waals surface area contributed by atoms with Crippen LogP contribution in [0.1, 0.15) is 24.1 Å². The molecule has 0 unspecified atom stereocenters. The molecule has 2 atom stereocenters. The van der Waals surface area contributed by atoms with E-state index in [4.69, 9.17) is 0 Å².